The fourth-order valence-electron chi connectivity index (χ4n) is 1.13. The molecule has 0 aliphatic heterocycles. The molecule has 0 aliphatic rings. The van der Waals surface area contributed by atoms with E-state index >= 15 is 0 Å². The Morgan fingerprint density at radius 3 is 2.93 bits per heavy atom. The summed E-state index contributed by atoms with van der Waals surface area (Å²) in [6.07, 6.45) is 4.79. The Balaban J connectivity index is 2.15. The lowest BCUT2D eigenvalue weighted by molar-refractivity contribution is 0.0988. The van der Waals surface area contributed by atoms with Crippen molar-refractivity contribution in [2.75, 3.05) is 0 Å². The molecule has 0 N–H and O–H groups in total. The van der Waals surface area contributed by atoms with E-state index < -0.39 is 0 Å². The summed E-state index contributed by atoms with van der Waals surface area (Å²) in [5, 5.41) is 2.50. The van der Waals surface area contributed by atoms with Crippen molar-refractivity contribution in [3.8, 4) is 0 Å². The molecule has 2 heterocycles. The highest BCUT2D eigenvalue weighted by atomic mass is 35.5. The van der Waals surface area contributed by atoms with Crippen LogP contribution in [0.4, 0.5) is 0 Å². The predicted molar refractivity (Wildman–Crippen MR) is 59.4 cm³/mol. The predicted octanol–water partition coefficient (Wildman–Crippen LogP) is 2.62. The van der Waals surface area contributed by atoms with Crippen molar-refractivity contribution in [3.63, 3.8) is 0 Å². The normalized spacial score (nSPS) is 10.2. The van der Waals surface area contributed by atoms with Crippen molar-refractivity contribution in [1.82, 2.24) is 9.97 Å². The number of carbonyl (C=O) groups is 1. The van der Waals surface area contributed by atoms with Crippen LogP contribution < -0.4 is 0 Å². The van der Waals surface area contributed by atoms with E-state index in [2.05, 4.69) is 9.97 Å². The van der Waals surface area contributed by atoms with Crippen molar-refractivity contribution in [1.29, 1.82) is 0 Å². The summed E-state index contributed by atoms with van der Waals surface area (Å²) in [6.45, 7) is 0. The summed E-state index contributed by atoms with van der Waals surface area (Å²) in [7, 11) is 0. The average Bonchev–Trinajstić information content (AvgIpc) is 2.66. The van der Waals surface area contributed by atoms with Crippen molar-refractivity contribution in [3.05, 3.63) is 45.6 Å². The van der Waals surface area contributed by atoms with Crippen LogP contribution in [0.1, 0.15) is 15.4 Å². The zero-order valence-corrected chi connectivity index (χ0v) is 9.26. The summed E-state index contributed by atoms with van der Waals surface area (Å²) >= 11 is 7.37. The molecule has 5 heteroatoms. The summed E-state index contributed by atoms with van der Waals surface area (Å²) in [6, 6.07) is 1.78. The molecule has 76 valence electrons. The first-order chi connectivity index (χ1) is 7.27. The number of aromatic nitrogens is 2. The minimum Gasteiger partial charge on any atom is -0.292 e. The molecule has 0 atom stereocenters. The van der Waals surface area contributed by atoms with Crippen LogP contribution in [0.25, 0.3) is 0 Å². The van der Waals surface area contributed by atoms with Gasteiger partial charge in [0.1, 0.15) is 5.69 Å². The third-order valence-corrected chi connectivity index (χ3v) is 3.25. The van der Waals surface area contributed by atoms with Gasteiger partial charge in [-0.25, -0.2) is 4.98 Å². The summed E-state index contributed by atoms with van der Waals surface area (Å²) < 4.78 is 0. The first kappa shape index (κ1) is 10.3. The van der Waals surface area contributed by atoms with Gasteiger partial charge in [0.2, 0.25) is 0 Å². The Hall–Kier alpha value is -1.26. The number of thiophene rings is 1. The van der Waals surface area contributed by atoms with Crippen LogP contribution in [-0.2, 0) is 6.42 Å². The van der Waals surface area contributed by atoms with E-state index in [9.17, 15) is 4.79 Å². The molecule has 0 fully saturated rings. The first-order valence-corrected chi connectivity index (χ1v) is 5.54. The highest BCUT2D eigenvalue weighted by molar-refractivity contribution is 7.10. The standard InChI is InChI=1S/C10H7ClN2OS/c11-7-1-4-15-10(7)5-9(14)8-6-12-2-3-13-8/h1-4,6H,5H2. The maximum atomic E-state index is 11.7. The quantitative estimate of drug-likeness (QED) is 0.772. The number of nitrogens with zero attached hydrogens (tertiary/aromatic N) is 2. The molecule has 3 nitrogen and oxygen atoms in total. The van der Waals surface area contributed by atoms with E-state index in [1.165, 1.54) is 29.9 Å². The number of ketones is 1. The largest absolute Gasteiger partial charge is 0.292 e. The second-order valence-corrected chi connectivity index (χ2v) is 4.29. The molecule has 0 saturated heterocycles. The van der Waals surface area contributed by atoms with Gasteiger partial charge in [-0.15, -0.1) is 11.3 Å². The molecule has 0 saturated carbocycles. The van der Waals surface area contributed by atoms with Gasteiger partial charge < -0.3 is 0 Å². The van der Waals surface area contributed by atoms with Crippen LogP contribution in [0.3, 0.4) is 0 Å². The molecule has 2 aromatic heterocycles. The lowest BCUT2D eigenvalue weighted by Crippen LogP contribution is -2.05. The smallest absolute Gasteiger partial charge is 0.187 e. The first-order valence-electron chi connectivity index (χ1n) is 4.28. The minimum absolute atomic E-state index is 0.0625. The van der Waals surface area contributed by atoms with Gasteiger partial charge in [0.15, 0.2) is 5.78 Å². The molecule has 0 aromatic carbocycles. The fraction of sp³-hybridized carbons (Fsp3) is 0.100. The zero-order valence-electron chi connectivity index (χ0n) is 7.68. The van der Waals surface area contributed by atoms with Crippen LogP contribution in [-0.4, -0.2) is 15.8 Å². The van der Waals surface area contributed by atoms with Gasteiger partial charge in [0.05, 0.1) is 11.2 Å². The van der Waals surface area contributed by atoms with E-state index in [0.29, 0.717) is 10.7 Å². The molecule has 0 unspecified atom stereocenters. The monoisotopic (exact) mass is 238 g/mol. The van der Waals surface area contributed by atoms with Gasteiger partial charge in [-0.3, -0.25) is 9.78 Å². The number of hydrogen-bond acceptors (Lipinski definition) is 4. The SMILES string of the molecule is O=C(Cc1sccc1Cl)c1cnccn1. The summed E-state index contributed by atoms with van der Waals surface area (Å²) in [4.78, 5) is 20.4. The Morgan fingerprint density at radius 2 is 2.33 bits per heavy atom. The molecule has 0 bridgehead atoms. The minimum atomic E-state index is -0.0625. The molecule has 0 radical (unpaired) electrons. The van der Waals surface area contributed by atoms with Crippen LogP contribution in [0.5, 0.6) is 0 Å². The second kappa shape index (κ2) is 4.51. The Kier molecular flexibility index (Phi) is 3.08. The highest BCUT2D eigenvalue weighted by Gasteiger charge is 2.11. The van der Waals surface area contributed by atoms with E-state index in [-0.39, 0.29) is 12.2 Å². The lowest BCUT2D eigenvalue weighted by atomic mass is 10.2. The van der Waals surface area contributed by atoms with Gasteiger partial charge in [0, 0.05) is 23.7 Å². The van der Waals surface area contributed by atoms with Gasteiger partial charge >= 0.3 is 0 Å². The van der Waals surface area contributed by atoms with E-state index in [0.717, 1.165) is 4.88 Å². The van der Waals surface area contributed by atoms with Crippen molar-refractivity contribution in [2.24, 2.45) is 0 Å². The van der Waals surface area contributed by atoms with E-state index in [4.69, 9.17) is 11.6 Å². The third kappa shape index (κ3) is 2.40. The number of carbonyl (C=O) groups excluding carboxylic acids is 1. The van der Waals surface area contributed by atoms with Crippen molar-refractivity contribution in [2.45, 2.75) is 6.42 Å². The lowest BCUT2D eigenvalue weighted by Gasteiger charge is -1.97. The summed E-state index contributed by atoms with van der Waals surface area (Å²) in [5.74, 6) is -0.0625. The maximum Gasteiger partial charge on any atom is 0.187 e. The molecular weight excluding hydrogens is 232 g/mol. The Labute approximate surface area is 95.8 Å². The van der Waals surface area contributed by atoms with Crippen LogP contribution in [0, 0.1) is 0 Å². The van der Waals surface area contributed by atoms with E-state index in [1.54, 1.807) is 6.07 Å². The average molecular weight is 239 g/mol. The number of Topliss-reactive ketones (excluding diaryl/α,β-unsaturated/α-hetero) is 1. The number of hydrogen-bond donors (Lipinski definition) is 0. The Bertz CT molecular complexity index is 469. The molecular formula is C10H7ClN2OS. The van der Waals surface area contributed by atoms with Crippen LogP contribution in [0.15, 0.2) is 30.0 Å². The van der Waals surface area contributed by atoms with Gasteiger partial charge in [0.25, 0.3) is 0 Å². The fourth-order valence-corrected chi connectivity index (χ4v) is 2.23. The van der Waals surface area contributed by atoms with Crippen molar-refractivity contribution < 1.29 is 4.79 Å². The Morgan fingerprint density at radius 1 is 1.47 bits per heavy atom. The molecule has 0 amide bonds. The van der Waals surface area contributed by atoms with E-state index in [1.807, 2.05) is 5.38 Å². The summed E-state index contributed by atoms with van der Waals surface area (Å²) in [5.41, 5.74) is 0.377. The van der Waals surface area contributed by atoms with Crippen molar-refractivity contribution >= 4 is 28.7 Å². The third-order valence-electron chi connectivity index (χ3n) is 1.86. The maximum absolute atomic E-state index is 11.7. The topological polar surface area (TPSA) is 42.9 Å². The molecule has 0 spiro atoms. The van der Waals surface area contributed by atoms with Gasteiger partial charge in [-0.05, 0) is 11.4 Å². The number of rotatable bonds is 3. The van der Waals surface area contributed by atoms with Gasteiger partial charge in [-0.1, -0.05) is 11.6 Å². The number of halogens is 1. The highest BCUT2D eigenvalue weighted by Crippen LogP contribution is 2.23. The van der Waals surface area contributed by atoms with Gasteiger partial charge in [-0.2, -0.15) is 0 Å². The molecule has 2 rings (SSSR count). The van der Waals surface area contributed by atoms with Crippen LogP contribution in [0.2, 0.25) is 5.02 Å². The second-order valence-electron chi connectivity index (χ2n) is 2.88. The molecule has 2 aromatic rings. The zero-order chi connectivity index (χ0) is 10.7. The van der Waals surface area contributed by atoms with Crippen LogP contribution >= 0.6 is 22.9 Å². The molecule has 0 aliphatic carbocycles. The molecule has 15 heavy (non-hydrogen) atoms.